The number of hydrogen-bond donors (Lipinski definition) is 1. The number of hydrogen-bond acceptors (Lipinski definition) is 5. The Bertz CT molecular complexity index is 1070. The van der Waals surface area contributed by atoms with Crippen LogP contribution in [0.25, 0.3) is 5.65 Å². The maximum Gasteiger partial charge on any atom is 0.341 e. The van der Waals surface area contributed by atoms with Gasteiger partial charge in [0.1, 0.15) is 22.2 Å². The Kier molecular flexibility index (Phi) is 4.89. The first-order valence-corrected chi connectivity index (χ1v) is 10.0. The number of fused-ring (bicyclic) bond motifs is 2. The van der Waals surface area contributed by atoms with Gasteiger partial charge in [0.2, 0.25) is 0 Å². The van der Waals surface area contributed by atoms with Gasteiger partial charge in [0.05, 0.1) is 12.2 Å². The SMILES string of the molecule is CCOC(=O)c1c(NC(=O)c2cn3cc(F)ccc3n2)sc2c1CCC(C)C2. The molecule has 0 fully saturated rings. The summed E-state index contributed by atoms with van der Waals surface area (Å²) in [4.78, 5) is 30.6. The molecule has 28 heavy (non-hydrogen) atoms. The highest BCUT2D eigenvalue weighted by molar-refractivity contribution is 7.17. The Hall–Kier alpha value is -2.74. The van der Waals surface area contributed by atoms with Crippen LogP contribution in [-0.4, -0.2) is 27.9 Å². The number of ether oxygens (including phenoxy) is 1. The number of carbonyl (C=O) groups is 2. The Morgan fingerprint density at radius 1 is 1.39 bits per heavy atom. The second-order valence-corrected chi connectivity index (χ2v) is 8.07. The van der Waals surface area contributed by atoms with Gasteiger partial charge in [-0.3, -0.25) is 4.79 Å². The Labute approximate surface area is 165 Å². The fraction of sp³-hybridized carbons (Fsp3) is 0.350. The zero-order chi connectivity index (χ0) is 19.8. The van der Waals surface area contributed by atoms with Crippen molar-refractivity contribution < 1.29 is 18.7 Å². The predicted molar refractivity (Wildman–Crippen MR) is 105 cm³/mol. The summed E-state index contributed by atoms with van der Waals surface area (Å²) in [6.07, 6.45) is 5.41. The lowest BCUT2D eigenvalue weighted by Crippen LogP contribution is -2.17. The monoisotopic (exact) mass is 401 g/mol. The molecule has 1 unspecified atom stereocenters. The highest BCUT2D eigenvalue weighted by Crippen LogP contribution is 2.40. The number of nitrogens with zero attached hydrogens (tertiary/aromatic N) is 2. The van der Waals surface area contributed by atoms with Gasteiger partial charge < -0.3 is 14.5 Å². The van der Waals surface area contributed by atoms with E-state index in [9.17, 15) is 14.0 Å². The van der Waals surface area contributed by atoms with E-state index >= 15 is 0 Å². The Morgan fingerprint density at radius 3 is 3.00 bits per heavy atom. The van der Waals surface area contributed by atoms with Crippen LogP contribution in [0.3, 0.4) is 0 Å². The van der Waals surface area contributed by atoms with Gasteiger partial charge in [-0.15, -0.1) is 11.3 Å². The molecular weight excluding hydrogens is 381 g/mol. The van der Waals surface area contributed by atoms with Crippen molar-refractivity contribution >= 4 is 33.9 Å². The molecule has 1 atom stereocenters. The van der Waals surface area contributed by atoms with Crippen molar-refractivity contribution in [3.63, 3.8) is 0 Å². The third-order valence-corrected chi connectivity index (χ3v) is 6.04. The number of halogens is 1. The first-order valence-electron chi connectivity index (χ1n) is 9.23. The first-order chi connectivity index (χ1) is 13.5. The number of nitrogens with one attached hydrogen (secondary N) is 1. The molecule has 0 aromatic carbocycles. The summed E-state index contributed by atoms with van der Waals surface area (Å²) in [5, 5.41) is 3.31. The molecular formula is C20H20FN3O3S. The molecule has 0 radical (unpaired) electrons. The van der Waals surface area contributed by atoms with Crippen LogP contribution in [0.1, 0.15) is 51.6 Å². The van der Waals surface area contributed by atoms with Gasteiger partial charge in [-0.1, -0.05) is 6.92 Å². The molecule has 0 saturated carbocycles. The van der Waals surface area contributed by atoms with Gasteiger partial charge >= 0.3 is 5.97 Å². The van der Waals surface area contributed by atoms with E-state index in [0.717, 1.165) is 29.7 Å². The maximum atomic E-state index is 13.4. The molecule has 1 aliphatic rings. The summed E-state index contributed by atoms with van der Waals surface area (Å²) < 4.78 is 20.1. The minimum absolute atomic E-state index is 0.153. The molecule has 146 valence electrons. The smallest absolute Gasteiger partial charge is 0.341 e. The fourth-order valence-electron chi connectivity index (χ4n) is 3.50. The molecule has 0 spiro atoms. The van der Waals surface area contributed by atoms with Crippen molar-refractivity contribution in [2.75, 3.05) is 11.9 Å². The normalized spacial score (nSPS) is 16.0. The van der Waals surface area contributed by atoms with Gasteiger partial charge in [0.25, 0.3) is 5.91 Å². The molecule has 8 heteroatoms. The summed E-state index contributed by atoms with van der Waals surface area (Å²) >= 11 is 1.42. The van der Waals surface area contributed by atoms with Crippen LogP contribution in [0.15, 0.2) is 24.5 Å². The van der Waals surface area contributed by atoms with Crippen LogP contribution in [0.4, 0.5) is 9.39 Å². The molecule has 0 bridgehead atoms. The van der Waals surface area contributed by atoms with E-state index < -0.39 is 17.7 Å². The van der Waals surface area contributed by atoms with Crippen molar-refractivity contribution in [2.45, 2.75) is 33.1 Å². The molecule has 0 aliphatic heterocycles. The number of rotatable bonds is 4. The number of anilines is 1. The minimum atomic E-state index is -0.443. The van der Waals surface area contributed by atoms with Gasteiger partial charge in [-0.05, 0) is 49.8 Å². The van der Waals surface area contributed by atoms with E-state index in [1.54, 1.807) is 6.92 Å². The van der Waals surface area contributed by atoms with Crippen LogP contribution in [0, 0.1) is 11.7 Å². The summed E-state index contributed by atoms with van der Waals surface area (Å²) in [7, 11) is 0. The largest absolute Gasteiger partial charge is 0.462 e. The number of aromatic nitrogens is 2. The standard InChI is InChI=1S/C20H20FN3O3S/c1-3-27-20(26)17-13-6-4-11(2)8-15(13)28-19(17)23-18(25)14-10-24-9-12(21)5-7-16(24)22-14/h5,7,9-11H,3-4,6,8H2,1-2H3,(H,23,25). The first kappa shape index (κ1) is 18.6. The summed E-state index contributed by atoms with van der Waals surface area (Å²) in [6, 6.07) is 2.79. The molecule has 1 N–H and O–H groups in total. The summed E-state index contributed by atoms with van der Waals surface area (Å²) in [6.45, 7) is 4.21. The molecule has 4 rings (SSSR count). The van der Waals surface area contributed by atoms with Crippen molar-refractivity contribution in [1.29, 1.82) is 0 Å². The summed E-state index contributed by atoms with van der Waals surface area (Å²) in [5.41, 5.74) is 2.06. The number of thiophene rings is 1. The zero-order valence-electron chi connectivity index (χ0n) is 15.6. The average Bonchev–Trinajstić information content (AvgIpc) is 3.21. The third-order valence-electron chi connectivity index (χ3n) is 4.87. The van der Waals surface area contributed by atoms with E-state index in [4.69, 9.17) is 4.74 Å². The lowest BCUT2D eigenvalue weighted by atomic mass is 9.88. The highest BCUT2D eigenvalue weighted by Gasteiger charge is 2.29. The van der Waals surface area contributed by atoms with Crippen LogP contribution in [0.5, 0.6) is 0 Å². The quantitative estimate of drug-likeness (QED) is 0.669. The Morgan fingerprint density at radius 2 is 2.21 bits per heavy atom. The lowest BCUT2D eigenvalue weighted by Gasteiger charge is -2.18. The van der Waals surface area contributed by atoms with Crippen molar-refractivity contribution in [3.05, 3.63) is 52.0 Å². The predicted octanol–water partition coefficient (Wildman–Crippen LogP) is 4.09. The summed E-state index contributed by atoms with van der Waals surface area (Å²) in [5.74, 6) is -0.734. The number of amides is 1. The van der Waals surface area contributed by atoms with Crippen LogP contribution >= 0.6 is 11.3 Å². The van der Waals surface area contributed by atoms with E-state index in [2.05, 4.69) is 17.2 Å². The van der Waals surface area contributed by atoms with Crippen LogP contribution < -0.4 is 5.32 Å². The van der Waals surface area contributed by atoms with Gasteiger partial charge in [0, 0.05) is 17.3 Å². The number of pyridine rings is 1. The van der Waals surface area contributed by atoms with Gasteiger partial charge in [-0.2, -0.15) is 0 Å². The van der Waals surface area contributed by atoms with E-state index in [-0.39, 0.29) is 12.3 Å². The van der Waals surface area contributed by atoms with E-state index in [0.29, 0.717) is 22.1 Å². The third kappa shape index (κ3) is 3.40. The number of imidazole rings is 1. The van der Waals surface area contributed by atoms with Gasteiger partial charge in [-0.25, -0.2) is 14.2 Å². The molecule has 1 aliphatic carbocycles. The maximum absolute atomic E-state index is 13.4. The molecule has 3 aromatic rings. The van der Waals surface area contributed by atoms with Gasteiger partial charge in [0.15, 0.2) is 0 Å². The Balaban J connectivity index is 1.67. The number of carbonyl (C=O) groups excluding carboxylic acids is 2. The molecule has 0 saturated heterocycles. The van der Waals surface area contributed by atoms with E-state index in [1.807, 2.05) is 0 Å². The minimum Gasteiger partial charge on any atom is -0.462 e. The fourth-order valence-corrected chi connectivity index (χ4v) is 4.89. The lowest BCUT2D eigenvalue weighted by molar-refractivity contribution is 0.0526. The molecule has 1 amide bonds. The zero-order valence-corrected chi connectivity index (χ0v) is 16.4. The molecule has 6 nitrogen and oxygen atoms in total. The topological polar surface area (TPSA) is 72.7 Å². The van der Waals surface area contributed by atoms with Crippen molar-refractivity contribution in [1.82, 2.24) is 9.38 Å². The second kappa shape index (κ2) is 7.35. The molecule has 3 heterocycles. The average molecular weight is 401 g/mol. The second-order valence-electron chi connectivity index (χ2n) is 6.97. The van der Waals surface area contributed by atoms with Crippen molar-refractivity contribution in [3.8, 4) is 0 Å². The molecule has 3 aromatic heterocycles. The van der Waals surface area contributed by atoms with E-state index in [1.165, 1.54) is 40.3 Å². The van der Waals surface area contributed by atoms with Crippen LogP contribution in [-0.2, 0) is 17.6 Å². The van der Waals surface area contributed by atoms with Crippen molar-refractivity contribution in [2.24, 2.45) is 5.92 Å². The number of esters is 1. The highest BCUT2D eigenvalue weighted by atomic mass is 32.1. The van der Waals surface area contributed by atoms with Crippen LogP contribution in [0.2, 0.25) is 0 Å².